The molecular weight excluding hydrogens is 369 g/mol. The minimum atomic E-state index is -2.11. The Morgan fingerprint density at radius 3 is 3.00 bits per heavy atom. The molecule has 1 aliphatic carbocycles. The molecule has 9 unspecified atom stereocenters. The van der Waals surface area contributed by atoms with E-state index in [1.165, 1.54) is 4.90 Å². The van der Waals surface area contributed by atoms with Crippen molar-refractivity contribution in [3.8, 4) is 0 Å². The fraction of sp³-hybridized carbons (Fsp3) is 0.909. The van der Waals surface area contributed by atoms with Crippen molar-refractivity contribution in [3.63, 3.8) is 0 Å². The van der Waals surface area contributed by atoms with E-state index in [4.69, 9.17) is 8.85 Å². The quantitative estimate of drug-likeness (QED) is 0.524. The summed E-state index contributed by atoms with van der Waals surface area (Å²) < 4.78 is 45.4. The van der Waals surface area contributed by atoms with E-state index >= 15 is 4.39 Å². The largest absolute Gasteiger partial charge is 0.377 e. The lowest BCUT2D eigenvalue weighted by Crippen LogP contribution is -2.72. The number of fused-ring (bicyclic) bond motifs is 1. The number of halogens is 1. The second kappa shape index (κ2) is 9.28. The van der Waals surface area contributed by atoms with Gasteiger partial charge < -0.3 is 15.0 Å². The van der Waals surface area contributed by atoms with Gasteiger partial charge in [0, 0.05) is 35.3 Å². The van der Waals surface area contributed by atoms with E-state index in [1.807, 2.05) is 13.1 Å². The molecule has 0 spiro atoms. The standard InChI is InChI=1S/C22H40FN5O/c1-13-14(2)25-22(27-21(13)24-3)26-17-12-16-8-11-29-20(16)18(19(17)23)15-6-5-9-28(4)10-7-15/h7,13-14,16-22,24-27H,5-6,8-12H2,1-4H3/i4D3. The molecular formula is C22H40FN5O. The minimum Gasteiger partial charge on any atom is -0.377 e. The van der Waals surface area contributed by atoms with Gasteiger partial charge in [-0.1, -0.05) is 18.6 Å². The number of likely N-dealkylation sites (N-methyl/N-ethyl adjacent to an activating group) is 1. The Hall–Kier alpha value is -0.570. The van der Waals surface area contributed by atoms with Crippen molar-refractivity contribution in [2.24, 2.45) is 17.8 Å². The summed E-state index contributed by atoms with van der Waals surface area (Å²) >= 11 is 0. The minimum absolute atomic E-state index is 0.107. The Labute approximate surface area is 179 Å². The Morgan fingerprint density at radius 2 is 2.21 bits per heavy atom. The topological polar surface area (TPSA) is 60.6 Å². The summed E-state index contributed by atoms with van der Waals surface area (Å²) in [5.41, 5.74) is 1.03. The number of hydrogen-bond acceptors (Lipinski definition) is 6. The van der Waals surface area contributed by atoms with E-state index in [1.54, 1.807) is 0 Å². The maximum Gasteiger partial charge on any atom is 0.124 e. The van der Waals surface area contributed by atoms with Crippen LogP contribution in [-0.2, 0) is 4.74 Å². The highest BCUT2D eigenvalue weighted by molar-refractivity contribution is 5.18. The van der Waals surface area contributed by atoms with E-state index in [0.29, 0.717) is 37.6 Å². The number of nitrogens with zero attached hydrogens (tertiary/aromatic N) is 1. The smallest absolute Gasteiger partial charge is 0.124 e. The third kappa shape index (κ3) is 4.55. The van der Waals surface area contributed by atoms with E-state index in [-0.39, 0.29) is 30.5 Å². The fourth-order valence-corrected chi connectivity index (χ4v) is 5.70. The van der Waals surface area contributed by atoms with Gasteiger partial charge in [0.05, 0.1) is 12.3 Å². The summed E-state index contributed by atoms with van der Waals surface area (Å²) in [5.74, 6) is 0.418. The van der Waals surface area contributed by atoms with E-state index < -0.39 is 13.1 Å². The summed E-state index contributed by atoms with van der Waals surface area (Å²) in [6.45, 7) is 3.77. The summed E-state index contributed by atoms with van der Waals surface area (Å²) in [4.78, 5) is 1.51. The highest BCUT2D eigenvalue weighted by atomic mass is 19.1. The lowest BCUT2D eigenvalue weighted by Gasteiger charge is -2.46. The Kier molecular flexibility index (Phi) is 5.78. The molecule has 29 heavy (non-hydrogen) atoms. The van der Waals surface area contributed by atoms with Crippen molar-refractivity contribution in [2.45, 2.75) is 76.3 Å². The molecule has 0 aromatic heterocycles. The van der Waals surface area contributed by atoms with Gasteiger partial charge in [-0.2, -0.15) is 0 Å². The second-order valence-electron chi connectivity index (χ2n) is 9.37. The van der Waals surface area contributed by atoms with E-state index in [2.05, 4.69) is 35.1 Å². The first-order valence-corrected chi connectivity index (χ1v) is 11.3. The summed E-state index contributed by atoms with van der Waals surface area (Å²) in [6.07, 6.45) is 3.94. The van der Waals surface area contributed by atoms with Crippen LogP contribution in [0.15, 0.2) is 11.6 Å². The lowest BCUT2D eigenvalue weighted by molar-refractivity contribution is -0.0273. The summed E-state index contributed by atoms with van der Waals surface area (Å²) in [7, 11) is 1.94. The van der Waals surface area contributed by atoms with Gasteiger partial charge in [-0.15, -0.1) is 0 Å². The second-order valence-corrected chi connectivity index (χ2v) is 9.37. The third-order valence-corrected chi connectivity index (χ3v) is 7.58. The molecule has 0 aromatic rings. The maximum absolute atomic E-state index is 16.1. The zero-order valence-corrected chi connectivity index (χ0v) is 18.0. The highest BCUT2D eigenvalue weighted by Crippen LogP contribution is 2.44. The molecule has 4 N–H and O–H groups in total. The number of rotatable bonds is 4. The Bertz CT molecular complexity index is 680. The zero-order chi connectivity index (χ0) is 23.0. The molecule has 3 fully saturated rings. The molecule has 9 atom stereocenters. The van der Waals surface area contributed by atoms with E-state index in [0.717, 1.165) is 31.3 Å². The van der Waals surface area contributed by atoms with Gasteiger partial charge >= 0.3 is 0 Å². The summed E-state index contributed by atoms with van der Waals surface area (Å²) in [6, 6.07) is 0.00979. The van der Waals surface area contributed by atoms with Gasteiger partial charge in [0.1, 0.15) is 12.5 Å². The first kappa shape index (κ1) is 18.0. The molecule has 3 heterocycles. The van der Waals surface area contributed by atoms with Crippen molar-refractivity contribution in [2.75, 3.05) is 33.7 Å². The molecule has 4 aliphatic rings. The van der Waals surface area contributed by atoms with Gasteiger partial charge in [-0.25, -0.2) is 4.39 Å². The van der Waals surface area contributed by atoms with Gasteiger partial charge in [-0.05, 0) is 65.0 Å². The molecule has 4 rings (SSSR count). The average molecular weight is 413 g/mol. The molecule has 7 heteroatoms. The fourth-order valence-electron chi connectivity index (χ4n) is 5.70. The maximum atomic E-state index is 16.1. The molecule has 6 nitrogen and oxygen atoms in total. The van der Waals surface area contributed by atoms with Gasteiger partial charge in [0.15, 0.2) is 0 Å². The van der Waals surface area contributed by atoms with Crippen molar-refractivity contribution < 1.29 is 13.2 Å². The van der Waals surface area contributed by atoms with Crippen molar-refractivity contribution in [1.82, 2.24) is 26.2 Å². The lowest BCUT2D eigenvalue weighted by atomic mass is 9.71. The first-order chi connectivity index (χ1) is 15.2. The van der Waals surface area contributed by atoms with Gasteiger partial charge in [-0.3, -0.25) is 16.0 Å². The monoisotopic (exact) mass is 412 g/mol. The van der Waals surface area contributed by atoms with Crippen LogP contribution in [0, 0.1) is 17.8 Å². The predicted octanol–water partition coefficient (Wildman–Crippen LogP) is 1.41. The van der Waals surface area contributed by atoms with Crippen LogP contribution in [0.4, 0.5) is 4.39 Å². The van der Waals surface area contributed by atoms with Crippen molar-refractivity contribution in [3.05, 3.63) is 11.6 Å². The average Bonchev–Trinajstić information content (AvgIpc) is 3.04. The Morgan fingerprint density at radius 1 is 1.34 bits per heavy atom. The Balaban J connectivity index is 1.50. The molecule has 0 radical (unpaired) electrons. The third-order valence-electron chi connectivity index (χ3n) is 7.58. The number of alkyl halides is 1. The highest BCUT2D eigenvalue weighted by Gasteiger charge is 2.50. The van der Waals surface area contributed by atoms with Crippen LogP contribution >= 0.6 is 0 Å². The van der Waals surface area contributed by atoms with Crippen LogP contribution < -0.4 is 21.3 Å². The van der Waals surface area contributed by atoms with Gasteiger partial charge in [0.25, 0.3) is 0 Å². The van der Waals surface area contributed by atoms with Crippen molar-refractivity contribution >= 4 is 0 Å². The normalized spacial score (nSPS) is 48.8. The van der Waals surface area contributed by atoms with Crippen LogP contribution in [0.2, 0.25) is 0 Å². The predicted molar refractivity (Wildman–Crippen MR) is 114 cm³/mol. The number of nitrogens with one attached hydrogen (secondary N) is 4. The zero-order valence-electron chi connectivity index (χ0n) is 21.0. The van der Waals surface area contributed by atoms with Crippen LogP contribution in [0.1, 0.15) is 43.6 Å². The van der Waals surface area contributed by atoms with Crippen LogP contribution in [0.25, 0.3) is 0 Å². The number of hydrogen-bond donors (Lipinski definition) is 4. The van der Waals surface area contributed by atoms with Crippen molar-refractivity contribution in [1.29, 1.82) is 0 Å². The molecule has 3 aliphatic heterocycles. The molecule has 0 aromatic carbocycles. The number of ether oxygens (including phenoxy) is 1. The molecule has 1 saturated carbocycles. The van der Waals surface area contributed by atoms with Crippen LogP contribution in [-0.4, -0.2) is 75.4 Å². The molecule has 2 saturated heterocycles. The van der Waals surface area contributed by atoms with Crippen LogP contribution in [0.3, 0.4) is 0 Å². The molecule has 0 bridgehead atoms. The van der Waals surface area contributed by atoms with Gasteiger partial charge in [0.2, 0.25) is 0 Å². The summed E-state index contributed by atoms with van der Waals surface area (Å²) in [5, 5.41) is 13.9. The SMILES string of the molecule is [2H]C([2H])([2H])N1CC=C(C2C(F)C(NC3NC(C)C(C)C(NC)N3)CC3CCOC32)CCC1. The molecule has 166 valence electrons. The molecule has 0 amide bonds. The first-order valence-electron chi connectivity index (χ1n) is 12.8. The van der Waals surface area contributed by atoms with Crippen LogP contribution in [0.5, 0.6) is 0 Å². The van der Waals surface area contributed by atoms with E-state index in [9.17, 15) is 0 Å².